The van der Waals surface area contributed by atoms with Crippen LogP contribution in [-0.4, -0.2) is 29.8 Å². The van der Waals surface area contributed by atoms with Crippen molar-refractivity contribution in [3.05, 3.63) is 41.4 Å². The highest BCUT2D eigenvalue weighted by atomic mass is 35.5. The number of carbonyl (C=O) groups is 2. The van der Waals surface area contributed by atoms with Crippen LogP contribution in [0.5, 0.6) is 0 Å². The van der Waals surface area contributed by atoms with Gasteiger partial charge in [0.25, 0.3) is 0 Å². The molecule has 0 saturated carbocycles. The molecule has 0 spiro atoms. The van der Waals surface area contributed by atoms with Crippen LogP contribution in [0.25, 0.3) is 0 Å². The molecule has 0 aliphatic carbocycles. The van der Waals surface area contributed by atoms with Gasteiger partial charge >= 0.3 is 6.18 Å². The highest BCUT2D eigenvalue weighted by Gasteiger charge is 2.34. The van der Waals surface area contributed by atoms with E-state index in [0.717, 1.165) is 12.1 Å². The largest absolute Gasteiger partial charge is 0.418 e. The molecule has 0 fully saturated rings. The molecule has 0 bridgehead atoms. The lowest BCUT2D eigenvalue weighted by molar-refractivity contribution is -0.137. The van der Waals surface area contributed by atoms with Crippen LogP contribution in [-0.2, 0) is 15.8 Å². The molecule has 8 heteroatoms. The summed E-state index contributed by atoms with van der Waals surface area (Å²) in [5.41, 5.74) is -1.39. The minimum Gasteiger partial charge on any atom is -0.339 e. The average Bonchev–Trinajstić information content (AvgIpc) is 2.44. The number of alkyl halides is 3. The van der Waals surface area contributed by atoms with Crippen LogP contribution < -0.4 is 5.32 Å². The third-order valence-corrected chi connectivity index (χ3v) is 3.20. The zero-order valence-corrected chi connectivity index (χ0v) is 13.2. The molecule has 0 saturated heterocycles. The zero-order valence-electron chi connectivity index (χ0n) is 12.4. The molecule has 1 N–H and O–H groups in total. The van der Waals surface area contributed by atoms with Crippen LogP contribution in [0, 0.1) is 0 Å². The number of carbonyl (C=O) groups excluding carboxylic acids is 2. The smallest absolute Gasteiger partial charge is 0.339 e. The Morgan fingerprint density at radius 3 is 2.57 bits per heavy atom. The lowest BCUT2D eigenvalue weighted by Crippen LogP contribution is -2.32. The monoisotopic (exact) mass is 348 g/mol. The predicted octanol–water partition coefficient (Wildman–Crippen LogP) is 3.72. The van der Waals surface area contributed by atoms with E-state index in [-0.39, 0.29) is 36.1 Å². The number of hydrogen-bond donors (Lipinski definition) is 1. The second-order valence-electron chi connectivity index (χ2n) is 4.74. The van der Waals surface area contributed by atoms with Crippen molar-refractivity contribution in [1.29, 1.82) is 0 Å². The van der Waals surface area contributed by atoms with Gasteiger partial charge in [-0.1, -0.05) is 17.7 Å². The van der Waals surface area contributed by atoms with Gasteiger partial charge in [-0.05, 0) is 18.2 Å². The standard InChI is InChI=1S/C15H16ClF3N2O2/c1-3-7-21(10(2)22)8-6-14(23)20-13-5-4-11(16)9-12(13)15(17,18)19/h3-5,9H,1,6-8H2,2H3,(H,20,23). The Morgan fingerprint density at radius 1 is 1.39 bits per heavy atom. The fourth-order valence-corrected chi connectivity index (χ4v) is 2.01. The molecule has 4 nitrogen and oxygen atoms in total. The third kappa shape index (κ3) is 5.94. The first kappa shape index (κ1) is 19.0. The Kier molecular flexibility index (Phi) is 6.62. The van der Waals surface area contributed by atoms with Crippen LogP contribution in [0.15, 0.2) is 30.9 Å². The number of amides is 2. The van der Waals surface area contributed by atoms with Gasteiger partial charge in [0.15, 0.2) is 0 Å². The number of rotatable bonds is 6. The number of anilines is 1. The van der Waals surface area contributed by atoms with E-state index in [9.17, 15) is 22.8 Å². The number of hydrogen-bond acceptors (Lipinski definition) is 2. The van der Waals surface area contributed by atoms with E-state index in [1.165, 1.54) is 24.0 Å². The van der Waals surface area contributed by atoms with Gasteiger partial charge in [-0.3, -0.25) is 9.59 Å². The highest BCUT2D eigenvalue weighted by Crippen LogP contribution is 2.36. The van der Waals surface area contributed by atoms with E-state index in [2.05, 4.69) is 11.9 Å². The summed E-state index contributed by atoms with van der Waals surface area (Å²) in [5.74, 6) is -0.881. The molecule has 0 aliphatic rings. The van der Waals surface area contributed by atoms with Crippen LogP contribution in [0.4, 0.5) is 18.9 Å². The van der Waals surface area contributed by atoms with Crippen molar-refractivity contribution >= 4 is 29.1 Å². The first-order valence-electron chi connectivity index (χ1n) is 6.68. The van der Waals surface area contributed by atoms with Gasteiger partial charge in [-0.15, -0.1) is 6.58 Å². The molecule has 126 valence electrons. The summed E-state index contributed by atoms with van der Waals surface area (Å²) >= 11 is 5.57. The number of nitrogens with one attached hydrogen (secondary N) is 1. The van der Waals surface area contributed by atoms with Crippen molar-refractivity contribution in [2.75, 3.05) is 18.4 Å². The first-order valence-corrected chi connectivity index (χ1v) is 7.06. The molecule has 0 atom stereocenters. The molecule has 0 aromatic heterocycles. The maximum Gasteiger partial charge on any atom is 0.418 e. The van der Waals surface area contributed by atoms with Crippen molar-refractivity contribution in [1.82, 2.24) is 4.90 Å². The fourth-order valence-electron chi connectivity index (χ4n) is 1.84. The molecule has 0 heterocycles. The Hall–Kier alpha value is -2.02. The van der Waals surface area contributed by atoms with Gasteiger partial charge in [0.2, 0.25) is 11.8 Å². The van der Waals surface area contributed by atoms with Gasteiger partial charge < -0.3 is 10.2 Å². The summed E-state index contributed by atoms with van der Waals surface area (Å²) < 4.78 is 38.8. The van der Waals surface area contributed by atoms with Crippen LogP contribution >= 0.6 is 11.6 Å². The minimum atomic E-state index is -4.64. The topological polar surface area (TPSA) is 49.4 Å². The highest BCUT2D eigenvalue weighted by molar-refractivity contribution is 6.30. The van der Waals surface area contributed by atoms with E-state index in [1.807, 2.05) is 0 Å². The van der Waals surface area contributed by atoms with Crippen molar-refractivity contribution in [3.63, 3.8) is 0 Å². The molecule has 1 rings (SSSR count). The average molecular weight is 349 g/mol. The van der Waals surface area contributed by atoms with Gasteiger partial charge in [0, 0.05) is 31.5 Å². The van der Waals surface area contributed by atoms with Crippen LogP contribution in [0.2, 0.25) is 5.02 Å². The molecule has 0 unspecified atom stereocenters. The molecule has 23 heavy (non-hydrogen) atoms. The van der Waals surface area contributed by atoms with E-state index in [1.54, 1.807) is 0 Å². The number of nitrogens with zero attached hydrogens (tertiary/aromatic N) is 1. The summed E-state index contributed by atoms with van der Waals surface area (Å²) in [6, 6.07) is 3.10. The Balaban J connectivity index is 2.78. The van der Waals surface area contributed by atoms with Crippen molar-refractivity contribution < 1.29 is 22.8 Å². The maximum absolute atomic E-state index is 12.9. The molecule has 1 aromatic carbocycles. The van der Waals surface area contributed by atoms with Gasteiger partial charge in [0.1, 0.15) is 0 Å². The van der Waals surface area contributed by atoms with E-state index in [4.69, 9.17) is 11.6 Å². The van der Waals surface area contributed by atoms with Crippen LogP contribution in [0.1, 0.15) is 18.9 Å². The van der Waals surface area contributed by atoms with E-state index in [0.29, 0.717) is 0 Å². The molecule has 0 radical (unpaired) electrons. The Morgan fingerprint density at radius 2 is 2.04 bits per heavy atom. The molecular weight excluding hydrogens is 333 g/mol. The summed E-state index contributed by atoms with van der Waals surface area (Å²) in [6.45, 7) is 5.18. The minimum absolute atomic E-state index is 0.0796. The molecule has 0 aliphatic heterocycles. The fraction of sp³-hybridized carbons (Fsp3) is 0.333. The molecule has 2 amide bonds. The van der Waals surface area contributed by atoms with Gasteiger partial charge in [0.05, 0.1) is 11.3 Å². The maximum atomic E-state index is 12.9. The lowest BCUT2D eigenvalue weighted by Gasteiger charge is -2.19. The van der Waals surface area contributed by atoms with E-state index >= 15 is 0 Å². The summed E-state index contributed by atoms with van der Waals surface area (Å²) in [4.78, 5) is 24.5. The SMILES string of the molecule is C=CCN(CCC(=O)Nc1ccc(Cl)cc1C(F)(F)F)C(C)=O. The quantitative estimate of drug-likeness (QED) is 0.796. The third-order valence-electron chi connectivity index (χ3n) is 2.96. The zero-order chi connectivity index (χ0) is 17.6. The second-order valence-corrected chi connectivity index (χ2v) is 5.18. The van der Waals surface area contributed by atoms with Crippen molar-refractivity contribution in [2.24, 2.45) is 0 Å². The number of benzene rings is 1. The lowest BCUT2D eigenvalue weighted by atomic mass is 10.1. The molecular formula is C15H16ClF3N2O2. The number of halogens is 4. The van der Waals surface area contributed by atoms with Crippen molar-refractivity contribution in [3.8, 4) is 0 Å². The summed E-state index contributed by atoms with van der Waals surface area (Å²) in [7, 11) is 0. The second kappa shape index (κ2) is 8.01. The van der Waals surface area contributed by atoms with E-state index < -0.39 is 17.6 Å². The predicted molar refractivity (Wildman–Crippen MR) is 82.2 cm³/mol. The van der Waals surface area contributed by atoms with Gasteiger partial charge in [-0.2, -0.15) is 13.2 Å². The normalized spacial score (nSPS) is 11.0. The van der Waals surface area contributed by atoms with Gasteiger partial charge in [-0.25, -0.2) is 0 Å². The molecule has 1 aromatic rings. The Labute approximate surface area is 136 Å². The summed E-state index contributed by atoms with van der Waals surface area (Å²) in [5, 5.41) is 2.12. The Bertz CT molecular complexity index is 603. The van der Waals surface area contributed by atoms with Crippen LogP contribution in [0.3, 0.4) is 0 Å². The first-order chi connectivity index (χ1) is 10.6. The van der Waals surface area contributed by atoms with Crippen molar-refractivity contribution in [2.45, 2.75) is 19.5 Å². The summed E-state index contributed by atoms with van der Waals surface area (Å²) in [6.07, 6.45) is -3.27.